The number of hydrogen-bond donors (Lipinski definition) is 1. The zero-order valence-corrected chi connectivity index (χ0v) is 10.3. The number of benzene rings is 2. The largest absolute Gasteiger partial charge is 0.478 e. The van der Waals surface area contributed by atoms with Crippen molar-refractivity contribution in [2.45, 2.75) is 0 Å². The van der Waals surface area contributed by atoms with Gasteiger partial charge in [-0.3, -0.25) is 15.1 Å². The molecule has 0 fully saturated rings. The highest BCUT2D eigenvalue weighted by atomic mass is 16.6. The summed E-state index contributed by atoms with van der Waals surface area (Å²) in [4.78, 5) is 25.1. The van der Waals surface area contributed by atoms with Gasteiger partial charge in [-0.15, -0.1) is 0 Å². The molecule has 0 unspecified atom stereocenters. The van der Waals surface area contributed by atoms with Crippen molar-refractivity contribution in [2.24, 2.45) is 4.99 Å². The smallest absolute Gasteiger partial charge is 0.335 e. The number of aromatic carboxylic acids is 1. The van der Waals surface area contributed by atoms with Gasteiger partial charge in [-0.05, 0) is 30.3 Å². The first-order valence-corrected chi connectivity index (χ1v) is 5.69. The van der Waals surface area contributed by atoms with Crippen LogP contribution in [0.4, 0.5) is 11.4 Å². The molecule has 0 heterocycles. The molecule has 2 aromatic rings. The van der Waals surface area contributed by atoms with E-state index in [1.165, 1.54) is 36.5 Å². The quantitative estimate of drug-likeness (QED) is 0.525. The summed E-state index contributed by atoms with van der Waals surface area (Å²) in [7, 11) is 0. The number of carboxylic acid groups (broad SMARTS) is 1. The Labute approximate surface area is 114 Å². The van der Waals surface area contributed by atoms with E-state index in [1.54, 1.807) is 18.2 Å². The van der Waals surface area contributed by atoms with Crippen LogP contribution in [0.1, 0.15) is 15.9 Å². The van der Waals surface area contributed by atoms with Gasteiger partial charge in [0.15, 0.2) is 0 Å². The average molecular weight is 270 g/mol. The van der Waals surface area contributed by atoms with Crippen LogP contribution in [-0.2, 0) is 0 Å². The van der Waals surface area contributed by atoms with Gasteiger partial charge in [0.25, 0.3) is 5.69 Å². The van der Waals surface area contributed by atoms with Crippen LogP contribution in [0.15, 0.2) is 53.5 Å². The lowest BCUT2D eigenvalue weighted by Crippen LogP contribution is -1.94. The van der Waals surface area contributed by atoms with Crippen LogP contribution in [-0.4, -0.2) is 22.2 Å². The number of nitrogens with zero attached hydrogens (tertiary/aromatic N) is 2. The van der Waals surface area contributed by atoms with Gasteiger partial charge in [0.2, 0.25) is 0 Å². The van der Waals surface area contributed by atoms with Crippen molar-refractivity contribution in [1.29, 1.82) is 0 Å². The second-order valence-corrected chi connectivity index (χ2v) is 3.93. The van der Waals surface area contributed by atoms with E-state index >= 15 is 0 Å². The van der Waals surface area contributed by atoms with Crippen molar-refractivity contribution in [3.05, 3.63) is 69.8 Å². The number of carboxylic acids is 1. The zero-order chi connectivity index (χ0) is 14.5. The maximum Gasteiger partial charge on any atom is 0.335 e. The van der Waals surface area contributed by atoms with Crippen molar-refractivity contribution in [1.82, 2.24) is 0 Å². The minimum Gasteiger partial charge on any atom is -0.478 e. The van der Waals surface area contributed by atoms with Crippen molar-refractivity contribution in [2.75, 3.05) is 0 Å². The third-order valence-corrected chi connectivity index (χ3v) is 2.60. The Bertz CT molecular complexity index is 678. The summed E-state index contributed by atoms with van der Waals surface area (Å²) in [5, 5.41) is 19.6. The highest BCUT2D eigenvalue weighted by molar-refractivity contribution is 5.89. The molecule has 0 atom stereocenters. The fourth-order valence-corrected chi connectivity index (χ4v) is 1.60. The van der Waals surface area contributed by atoms with Crippen LogP contribution in [0.3, 0.4) is 0 Å². The molecule has 0 bridgehead atoms. The van der Waals surface area contributed by atoms with Gasteiger partial charge in [-0.1, -0.05) is 12.1 Å². The third kappa shape index (κ3) is 3.05. The molecule has 0 saturated heterocycles. The van der Waals surface area contributed by atoms with Crippen LogP contribution < -0.4 is 0 Å². The van der Waals surface area contributed by atoms with Crippen LogP contribution >= 0.6 is 0 Å². The van der Waals surface area contributed by atoms with Gasteiger partial charge in [0.05, 0.1) is 21.7 Å². The summed E-state index contributed by atoms with van der Waals surface area (Å²) >= 11 is 0. The predicted molar refractivity (Wildman–Crippen MR) is 73.8 cm³/mol. The molecule has 2 rings (SSSR count). The van der Waals surface area contributed by atoms with Crippen LogP contribution in [0, 0.1) is 10.1 Å². The van der Waals surface area contributed by atoms with Gasteiger partial charge in [0, 0.05) is 12.3 Å². The van der Waals surface area contributed by atoms with Gasteiger partial charge >= 0.3 is 5.97 Å². The first kappa shape index (κ1) is 13.4. The molecular weight excluding hydrogens is 260 g/mol. The second kappa shape index (κ2) is 5.75. The molecule has 1 N–H and O–H groups in total. The number of para-hydroxylation sites is 1. The first-order valence-electron chi connectivity index (χ1n) is 5.69. The number of aliphatic imine (C=N–C) groups is 1. The average Bonchev–Trinajstić information content (AvgIpc) is 2.45. The Kier molecular flexibility index (Phi) is 3.85. The summed E-state index contributed by atoms with van der Waals surface area (Å²) in [6.45, 7) is 0. The Morgan fingerprint density at radius 3 is 2.40 bits per heavy atom. The number of carbonyl (C=O) groups is 1. The summed E-state index contributed by atoms with van der Waals surface area (Å²) in [6, 6.07) is 12.2. The molecule has 0 aromatic heterocycles. The van der Waals surface area contributed by atoms with E-state index in [9.17, 15) is 14.9 Å². The Hall–Kier alpha value is -3.02. The van der Waals surface area contributed by atoms with E-state index in [2.05, 4.69) is 4.99 Å². The number of hydrogen-bond acceptors (Lipinski definition) is 4. The number of rotatable bonds is 4. The van der Waals surface area contributed by atoms with Gasteiger partial charge in [-0.25, -0.2) is 4.79 Å². The predicted octanol–water partition coefficient (Wildman–Crippen LogP) is 3.04. The van der Waals surface area contributed by atoms with E-state index in [0.717, 1.165) is 0 Å². The molecule has 0 aliphatic carbocycles. The van der Waals surface area contributed by atoms with Crippen LogP contribution in [0.25, 0.3) is 0 Å². The van der Waals surface area contributed by atoms with E-state index in [0.29, 0.717) is 11.3 Å². The molecule has 6 nitrogen and oxygen atoms in total. The molecule has 0 aliphatic rings. The standard InChI is InChI=1S/C14H10N2O4/c17-14(18)10-5-7-12(8-6-10)15-9-11-3-1-2-4-13(11)16(19)20/h1-9H,(H,17,18). The molecular formula is C14H10N2O4. The minimum atomic E-state index is -1.01. The summed E-state index contributed by atoms with van der Waals surface area (Å²) in [5.74, 6) is -1.01. The minimum absolute atomic E-state index is 0.0293. The van der Waals surface area contributed by atoms with E-state index in [4.69, 9.17) is 5.11 Å². The maximum atomic E-state index is 10.8. The molecule has 2 aromatic carbocycles. The fourth-order valence-electron chi connectivity index (χ4n) is 1.60. The Balaban J connectivity index is 2.25. The lowest BCUT2D eigenvalue weighted by Gasteiger charge is -1.97. The Morgan fingerprint density at radius 2 is 1.80 bits per heavy atom. The summed E-state index contributed by atoms with van der Waals surface area (Å²) in [5.41, 5.74) is 1.04. The SMILES string of the molecule is O=C(O)c1ccc(N=Cc2ccccc2[N+](=O)[O-])cc1. The summed E-state index contributed by atoms with van der Waals surface area (Å²) < 4.78 is 0. The normalized spacial score (nSPS) is 10.6. The fraction of sp³-hybridized carbons (Fsp3) is 0. The highest BCUT2D eigenvalue weighted by Gasteiger charge is 2.09. The second-order valence-electron chi connectivity index (χ2n) is 3.93. The highest BCUT2D eigenvalue weighted by Crippen LogP contribution is 2.18. The first-order chi connectivity index (χ1) is 9.58. The van der Waals surface area contributed by atoms with Crippen molar-refractivity contribution < 1.29 is 14.8 Å². The van der Waals surface area contributed by atoms with Crippen molar-refractivity contribution >= 4 is 23.6 Å². The number of nitro groups is 1. The van der Waals surface area contributed by atoms with Crippen LogP contribution in [0.5, 0.6) is 0 Å². The number of nitro benzene ring substituents is 1. The topological polar surface area (TPSA) is 92.8 Å². The van der Waals surface area contributed by atoms with E-state index in [1.807, 2.05) is 0 Å². The molecule has 0 amide bonds. The van der Waals surface area contributed by atoms with Gasteiger partial charge in [0.1, 0.15) is 0 Å². The van der Waals surface area contributed by atoms with Crippen molar-refractivity contribution in [3.8, 4) is 0 Å². The van der Waals surface area contributed by atoms with E-state index in [-0.39, 0.29) is 11.3 Å². The molecule has 0 spiro atoms. The van der Waals surface area contributed by atoms with Crippen LogP contribution in [0.2, 0.25) is 0 Å². The molecule has 0 radical (unpaired) electrons. The van der Waals surface area contributed by atoms with Crippen molar-refractivity contribution in [3.63, 3.8) is 0 Å². The lowest BCUT2D eigenvalue weighted by atomic mass is 10.2. The third-order valence-electron chi connectivity index (χ3n) is 2.60. The zero-order valence-electron chi connectivity index (χ0n) is 10.3. The lowest BCUT2D eigenvalue weighted by molar-refractivity contribution is -0.385. The van der Waals surface area contributed by atoms with Gasteiger partial charge in [-0.2, -0.15) is 0 Å². The van der Waals surface area contributed by atoms with Gasteiger partial charge < -0.3 is 5.11 Å². The molecule has 20 heavy (non-hydrogen) atoms. The molecule has 100 valence electrons. The maximum absolute atomic E-state index is 10.8. The summed E-state index contributed by atoms with van der Waals surface area (Å²) in [6.07, 6.45) is 1.38. The molecule has 0 saturated carbocycles. The monoisotopic (exact) mass is 270 g/mol. The molecule has 0 aliphatic heterocycles. The van der Waals surface area contributed by atoms with E-state index < -0.39 is 10.9 Å². The Morgan fingerprint density at radius 1 is 1.15 bits per heavy atom. The molecule has 6 heteroatoms.